The van der Waals surface area contributed by atoms with Crippen molar-refractivity contribution < 1.29 is 27.8 Å². The average Bonchev–Trinajstić information content (AvgIpc) is 2.12. The molecular weight excluding hydrogens is 251 g/mol. The van der Waals surface area contributed by atoms with Crippen molar-refractivity contribution in [3.05, 3.63) is 0 Å². The van der Waals surface area contributed by atoms with Crippen LogP contribution in [-0.4, -0.2) is 43.1 Å². The van der Waals surface area contributed by atoms with Gasteiger partial charge in [-0.3, -0.25) is 4.79 Å². The quantitative estimate of drug-likeness (QED) is 0.769. The van der Waals surface area contributed by atoms with Gasteiger partial charge < -0.3 is 15.2 Å². The maximum Gasteiger partial charge on any atom is 0.411 e. The van der Waals surface area contributed by atoms with Gasteiger partial charge in [-0.15, -0.1) is 0 Å². The van der Waals surface area contributed by atoms with Crippen LogP contribution in [0.5, 0.6) is 0 Å². The first kappa shape index (κ1) is 17.2. The van der Waals surface area contributed by atoms with Crippen molar-refractivity contribution in [3.8, 4) is 0 Å². The average molecular weight is 271 g/mol. The summed E-state index contributed by atoms with van der Waals surface area (Å²) in [6.07, 6.45) is -3.92. The second kappa shape index (κ2) is 6.94. The van der Waals surface area contributed by atoms with Crippen LogP contribution in [0.2, 0.25) is 0 Å². The molecule has 0 rings (SSSR count). The molecule has 1 amide bonds. The highest BCUT2D eigenvalue weighted by Crippen LogP contribution is 2.20. The van der Waals surface area contributed by atoms with Gasteiger partial charge in [0, 0.05) is 0 Å². The summed E-state index contributed by atoms with van der Waals surface area (Å²) >= 11 is 0. The number of aliphatic hydroxyl groups excluding tert-OH is 1. The van der Waals surface area contributed by atoms with Crippen LogP contribution in [0.4, 0.5) is 13.2 Å². The summed E-state index contributed by atoms with van der Waals surface area (Å²) in [6.45, 7) is 3.41. The van der Waals surface area contributed by atoms with Gasteiger partial charge in [0.1, 0.15) is 13.2 Å². The molecule has 0 aromatic carbocycles. The van der Waals surface area contributed by atoms with E-state index < -0.39 is 31.3 Å². The predicted octanol–water partition coefficient (Wildman–Crippen LogP) is 1.48. The van der Waals surface area contributed by atoms with Gasteiger partial charge in [0.25, 0.3) is 0 Å². The van der Waals surface area contributed by atoms with Gasteiger partial charge in [0.15, 0.2) is 0 Å². The SMILES string of the molecule is CC(C)(C)CC(CO)NC(=O)COCC(F)(F)F. The highest BCUT2D eigenvalue weighted by atomic mass is 19.4. The minimum Gasteiger partial charge on any atom is -0.394 e. The number of nitrogens with one attached hydrogen (secondary N) is 1. The molecule has 0 radical (unpaired) electrons. The highest BCUT2D eigenvalue weighted by Gasteiger charge is 2.28. The Balaban J connectivity index is 3.98. The van der Waals surface area contributed by atoms with Gasteiger partial charge in [-0.05, 0) is 11.8 Å². The Hall–Kier alpha value is -0.820. The molecule has 0 heterocycles. The summed E-state index contributed by atoms with van der Waals surface area (Å²) in [4.78, 5) is 11.3. The first-order chi connectivity index (χ1) is 8.03. The second-order valence-electron chi connectivity index (χ2n) is 5.32. The molecule has 0 aliphatic carbocycles. The highest BCUT2D eigenvalue weighted by molar-refractivity contribution is 5.77. The molecule has 0 aromatic rings. The fraction of sp³-hybridized carbons (Fsp3) is 0.909. The molecule has 4 nitrogen and oxygen atoms in total. The van der Waals surface area contributed by atoms with Gasteiger partial charge in [-0.1, -0.05) is 20.8 Å². The van der Waals surface area contributed by atoms with E-state index in [1.165, 1.54) is 0 Å². The first-order valence-corrected chi connectivity index (χ1v) is 5.58. The topological polar surface area (TPSA) is 58.6 Å². The Morgan fingerprint density at radius 1 is 1.33 bits per heavy atom. The lowest BCUT2D eigenvalue weighted by atomic mass is 9.88. The summed E-state index contributed by atoms with van der Waals surface area (Å²) in [5.74, 6) is -0.664. The number of hydrogen-bond acceptors (Lipinski definition) is 3. The zero-order chi connectivity index (χ0) is 14.4. The van der Waals surface area contributed by atoms with Crippen molar-refractivity contribution in [3.63, 3.8) is 0 Å². The van der Waals surface area contributed by atoms with Gasteiger partial charge in [-0.2, -0.15) is 13.2 Å². The fourth-order valence-electron chi connectivity index (χ4n) is 1.43. The van der Waals surface area contributed by atoms with E-state index in [2.05, 4.69) is 10.1 Å². The zero-order valence-corrected chi connectivity index (χ0v) is 10.8. The van der Waals surface area contributed by atoms with Crippen LogP contribution in [0, 0.1) is 5.41 Å². The molecule has 0 aliphatic rings. The Bertz CT molecular complexity index is 261. The van der Waals surface area contributed by atoms with Crippen LogP contribution in [0.3, 0.4) is 0 Å². The molecule has 0 aliphatic heterocycles. The lowest BCUT2D eigenvalue weighted by Crippen LogP contribution is -2.42. The molecule has 108 valence electrons. The minimum atomic E-state index is -4.44. The molecule has 7 heteroatoms. The number of hydrogen-bond donors (Lipinski definition) is 2. The molecule has 1 unspecified atom stereocenters. The maximum absolute atomic E-state index is 11.8. The molecule has 1 atom stereocenters. The van der Waals surface area contributed by atoms with E-state index in [9.17, 15) is 18.0 Å². The van der Waals surface area contributed by atoms with Gasteiger partial charge in [0.05, 0.1) is 12.6 Å². The van der Waals surface area contributed by atoms with Crippen molar-refractivity contribution in [1.29, 1.82) is 0 Å². The number of halogens is 3. The van der Waals surface area contributed by atoms with Crippen molar-refractivity contribution in [2.24, 2.45) is 5.41 Å². The van der Waals surface area contributed by atoms with E-state index in [4.69, 9.17) is 5.11 Å². The monoisotopic (exact) mass is 271 g/mol. The molecule has 0 aromatic heterocycles. The maximum atomic E-state index is 11.8. The van der Waals surface area contributed by atoms with Crippen LogP contribution >= 0.6 is 0 Å². The molecule has 2 N–H and O–H groups in total. The largest absolute Gasteiger partial charge is 0.411 e. The number of ether oxygens (including phenoxy) is 1. The van der Waals surface area contributed by atoms with Crippen molar-refractivity contribution >= 4 is 5.91 Å². The van der Waals surface area contributed by atoms with Crippen molar-refractivity contribution in [2.75, 3.05) is 19.8 Å². The van der Waals surface area contributed by atoms with Crippen molar-refractivity contribution in [1.82, 2.24) is 5.32 Å². The molecule has 0 saturated carbocycles. The molecule has 0 fully saturated rings. The number of alkyl halides is 3. The van der Waals surface area contributed by atoms with E-state index in [0.717, 1.165) is 0 Å². The summed E-state index contributed by atoms with van der Waals surface area (Å²) in [5, 5.41) is 11.5. The lowest BCUT2D eigenvalue weighted by Gasteiger charge is -2.25. The van der Waals surface area contributed by atoms with Crippen LogP contribution in [0.25, 0.3) is 0 Å². The zero-order valence-electron chi connectivity index (χ0n) is 10.8. The first-order valence-electron chi connectivity index (χ1n) is 5.58. The van der Waals surface area contributed by atoms with Gasteiger partial charge in [0.2, 0.25) is 5.91 Å². The number of carbonyl (C=O) groups is 1. The van der Waals surface area contributed by atoms with Crippen LogP contribution in [-0.2, 0) is 9.53 Å². The summed E-state index contributed by atoms with van der Waals surface area (Å²) in [7, 11) is 0. The Labute approximate surface area is 105 Å². The number of rotatable bonds is 6. The number of amides is 1. The third-order valence-electron chi connectivity index (χ3n) is 1.94. The second-order valence-corrected chi connectivity index (χ2v) is 5.32. The minimum absolute atomic E-state index is 0.104. The number of aliphatic hydroxyl groups is 1. The van der Waals surface area contributed by atoms with Crippen LogP contribution < -0.4 is 5.32 Å². The van der Waals surface area contributed by atoms with E-state index in [1.807, 2.05) is 20.8 Å². The molecule has 0 bridgehead atoms. The van der Waals surface area contributed by atoms with Crippen LogP contribution in [0.1, 0.15) is 27.2 Å². The Morgan fingerprint density at radius 3 is 2.28 bits per heavy atom. The molecule has 0 saturated heterocycles. The number of carbonyl (C=O) groups excluding carboxylic acids is 1. The van der Waals surface area contributed by atoms with Gasteiger partial charge in [-0.25, -0.2) is 0 Å². The van der Waals surface area contributed by atoms with Crippen LogP contribution in [0.15, 0.2) is 0 Å². The van der Waals surface area contributed by atoms with E-state index in [0.29, 0.717) is 6.42 Å². The van der Waals surface area contributed by atoms with Gasteiger partial charge >= 0.3 is 6.18 Å². The molecule has 0 spiro atoms. The third kappa shape index (κ3) is 10.3. The van der Waals surface area contributed by atoms with Crippen molar-refractivity contribution in [2.45, 2.75) is 39.4 Å². The Morgan fingerprint density at radius 2 is 1.89 bits per heavy atom. The fourth-order valence-corrected chi connectivity index (χ4v) is 1.43. The summed E-state index contributed by atoms with van der Waals surface area (Å²) < 4.78 is 39.5. The Kier molecular flexibility index (Phi) is 6.62. The normalized spacial score (nSPS) is 14.4. The summed E-state index contributed by atoms with van der Waals surface area (Å²) in [6, 6.07) is -0.480. The smallest absolute Gasteiger partial charge is 0.394 e. The van der Waals surface area contributed by atoms with E-state index >= 15 is 0 Å². The summed E-state index contributed by atoms with van der Waals surface area (Å²) in [5.41, 5.74) is -0.104. The van der Waals surface area contributed by atoms with E-state index in [-0.39, 0.29) is 12.0 Å². The predicted molar refractivity (Wildman–Crippen MR) is 60.0 cm³/mol. The lowest BCUT2D eigenvalue weighted by molar-refractivity contribution is -0.175. The van der Waals surface area contributed by atoms with E-state index in [1.54, 1.807) is 0 Å². The molecule has 18 heavy (non-hydrogen) atoms. The molecular formula is C11H20F3NO3. The standard InChI is InChI=1S/C11H20F3NO3/c1-10(2,3)4-8(5-16)15-9(17)6-18-7-11(12,13)14/h8,16H,4-7H2,1-3H3,(H,15,17). The third-order valence-corrected chi connectivity index (χ3v) is 1.94.